The molecule has 3 rings (SSSR count). The fraction of sp³-hybridized carbons (Fsp3) is 0.0952. The van der Waals surface area contributed by atoms with Crippen LogP contribution in [0.1, 0.15) is 27.5 Å². The van der Waals surface area contributed by atoms with Gasteiger partial charge >= 0.3 is 0 Å². The van der Waals surface area contributed by atoms with E-state index < -0.39 is 27.8 Å². The van der Waals surface area contributed by atoms with Gasteiger partial charge in [-0.1, -0.05) is 24.3 Å². The fourth-order valence-corrected chi connectivity index (χ4v) is 3.84. The quantitative estimate of drug-likeness (QED) is 0.547. The van der Waals surface area contributed by atoms with Gasteiger partial charge in [-0.05, 0) is 69.5 Å². The maximum atomic E-state index is 13.4. The molecule has 6 nitrogen and oxygen atoms in total. The van der Waals surface area contributed by atoms with Gasteiger partial charge in [0.25, 0.3) is 5.91 Å². The Morgan fingerprint density at radius 1 is 1.03 bits per heavy atom. The molecule has 0 saturated heterocycles. The first-order valence-corrected chi connectivity index (χ1v) is 11.1. The highest BCUT2D eigenvalue weighted by atomic mass is 79.9. The fourth-order valence-electron chi connectivity index (χ4n) is 2.87. The summed E-state index contributed by atoms with van der Waals surface area (Å²) in [5.74, 6) is -0.286. The van der Waals surface area contributed by atoms with Crippen molar-refractivity contribution in [2.75, 3.05) is 7.11 Å². The molecule has 0 saturated carbocycles. The van der Waals surface area contributed by atoms with Crippen LogP contribution < -0.4 is 15.2 Å². The van der Waals surface area contributed by atoms with Gasteiger partial charge in [0.2, 0.25) is 10.0 Å². The normalized spacial score (nSPS) is 12.3. The highest BCUT2D eigenvalue weighted by Gasteiger charge is 2.21. The minimum Gasteiger partial charge on any atom is -0.497 e. The van der Waals surface area contributed by atoms with Crippen molar-refractivity contribution in [2.45, 2.75) is 10.9 Å². The lowest BCUT2D eigenvalue weighted by Crippen LogP contribution is -2.30. The van der Waals surface area contributed by atoms with Gasteiger partial charge in [0.05, 0.1) is 23.6 Å². The van der Waals surface area contributed by atoms with Gasteiger partial charge < -0.3 is 10.1 Å². The first-order chi connectivity index (χ1) is 14.2. The predicted octanol–water partition coefficient (Wildman–Crippen LogP) is 3.76. The van der Waals surface area contributed by atoms with E-state index in [0.29, 0.717) is 15.8 Å². The Morgan fingerprint density at radius 3 is 2.13 bits per heavy atom. The number of benzene rings is 3. The highest BCUT2D eigenvalue weighted by molar-refractivity contribution is 9.10. The molecule has 3 aromatic rings. The minimum atomic E-state index is -3.98. The van der Waals surface area contributed by atoms with Crippen LogP contribution >= 0.6 is 15.9 Å². The SMILES string of the molecule is COc1ccc(C(NC(=O)c2cc(S(N)(=O)=O)ccc2Br)c2ccc(F)cc2)cc1. The first kappa shape index (κ1) is 21.9. The molecule has 1 unspecified atom stereocenters. The second kappa shape index (κ2) is 8.95. The number of sulfonamides is 1. The van der Waals surface area contributed by atoms with Crippen LogP contribution in [0.2, 0.25) is 0 Å². The number of carbonyl (C=O) groups is 1. The van der Waals surface area contributed by atoms with Crippen LogP contribution in [-0.2, 0) is 10.0 Å². The zero-order chi connectivity index (χ0) is 21.9. The summed E-state index contributed by atoms with van der Waals surface area (Å²) in [4.78, 5) is 12.8. The van der Waals surface area contributed by atoms with Crippen LogP contribution in [0.25, 0.3) is 0 Å². The van der Waals surface area contributed by atoms with Crippen LogP contribution in [0.3, 0.4) is 0 Å². The summed E-state index contributed by atoms with van der Waals surface area (Å²) in [6, 6.07) is 16.1. The Labute approximate surface area is 182 Å². The van der Waals surface area contributed by atoms with E-state index in [9.17, 15) is 17.6 Å². The van der Waals surface area contributed by atoms with Gasteiger partial charge in [0.15, 0.2) is 0 Å². The van der Waals surface area contributed by atoms with Crippen molar-refractivity contribution in [3.05, 3.63) is 93.7 Å². The Balaban J connectivity index is 2.00. The van der Waals surface area contributed by atoms with Gasteiger partial charge in [-0.2, -0.15) is 0 Å². The average Bonchev–Trinajstić information content (AvgIpc) is 2.72. The summed E-state index contributed by atoms with van der Waals surface area (Å²) in [5, 5.41) is 8.05. The van der Waals surface area contributed by atoms with Crippen molar-refractivity contribution in [3.63, 3.8) is 0 Å². The highest BCUT2D eigenvalue weighted by Crippen LogP contribution is 2.27. The molecule has 0 heterocycles. The molecule has 0 aliphatic carbocycles. The Kier molecular flexibility index (Phi) is 6.55. The van der Waals surface area contributed by atoms with Crippen LogP contribution in [0.15, 0.2) is 76.1 Å². The summed E-state index contributed by atoms with van der Waals surface area (Å²) in [6.45, 7) is 0. The summed E-state index contributed by atoms with van der Waals surface area (Å²) < 4.78 is 42.3. The number of rotatable bonds is 6. The number of carbonyl (C=O) groups excluding carboxylic acids is 1. The molecular weight excluding hydrogens is 475 g/mol. The molecule has 0 fully saturated rings. The van der Waals surface area contributed by atoms with Crippen molar-refractivity contribution >= 4 is 31.9 Å². The smallest absolute Gasteiger partial charge is 0.253 e. The second-order valence-electron chi connectivity index (χ2n) is 6.42. The van der Waals surface area contributed by atoms with Crippen molar-refractivity contribution in [1.29, 1.82) is 0 Å². The summed E-state index contributed by atoms with van der Waals surface area (Å²) >= 11 is 3.27. The van der Waals surface area contributed by atoms with E-state index >= 15 is 0 Å². The average molecular weight is 493 g/mol. The Morgan fingerprint density at radius 2 is 1.60 bits per heavy atom. The lowest BCUT2D eigenvalue weighted by molar-refractivity contribution is 0.0942. The first-order valence-electron chi connectivity index (χ1n) is 8.71. The van der Waals surface area contributed by atoms with E-state index in [0.717, 1.165) is 5.56 Å². The van der Waals surface area contributed by atoms with Crippen molar-refractivity contribution < 1.29 is 22.3 Å². The Hall–Kier alpha value is -2.75. The third-order valence-electron chi connectivity index (χ3n) is 4.44. The van der Waals surface area contributed by atoms with Crippen molar-refractivity contribution in [2.24, 2.45) is 5.14 Å². The zero-order valence-electron chi connectivity index (χ0n) is 15.8. The van der Waals surface area contributed by atoms with Crippen molar-refractivity contribution in [3.8, 4) is 5.75 Å². The number of hydrogen-bond acceptors (Lipinski definition) is 4. The molecule has 30 heavy (non-hydrogen) atoms. The molecule has 0 aromatic heterocycles. The monoisotopic (exact) mass is 492 g/mol. The van der Waals surface area contributed by atoms with E-state index in [1.165, 1.54) is 30.3 Å². The van der Waals surface area contributed by atoms with Gasteiger partial charge in [-0.15, -0.1) is 0 Å². The standard InChI is InChI=1S/C21H18BrFN2O4S/c1-29-16-8-4-14(5-9-16)20(13-2-6-15(23)7-3-13)25-21(26)18-12-17(30(24,27)28)10-11-19(18)22/h2-12,20H,1H3,(H,25,26)(H2,24,27,28). The summed E-state index contributed by atoms with van der Waals surface area (Å²) in [7, 11) is -2.43. The van der Waals surface area contributed by atoms with E-state index in [-0.39, 0.29) is 10.5 Å². The zero-order valence-corrected chi connectivity index (χ0v) is 18.2. The predicted molar refractivity (Wildman–Crippen MR) is 114 cm³/mol. The minimum absolute atomic E-state index is 0.0992. The number of primary sulfonamides is 1. The Bertz CT molecular complexity index is 1170. The van der Waals surface area contributed by atoms with Gasteiger partial charge in [-0.25, -0.2) is 17.9 Å². The largest absolute Gasteiger partial charge is 0.497 e. The van der Waals surface area contributed by atoms with E-state index in [2.05, 4.69) is 21.2 Å². The molecule has 0 bridgehead atoms. The summed E-state index contributed by atoms with van der Waals surface area (Å²) in [6.07, 6.45) is 0. The number of nitrogens with two attached hydrogens (primary N) is 1. The topological polar surface area (TPSA) is 98.5 Å². The lowest BCUT2D eigenvalue weighted by atomic mass is 9.98. The third kappa shape index (κ3) is 5.05. The lowest BCUT2D eigenvalue weighted by Gasteiger charge is -2.21. The maximum absolute atomic E-state index is 13.4. The van der Waals surface area contributed by atoms with Crippen LogP contribution in [-0.4, -0.2) is 21.4 Å². The van der Waals surface area contributed by atoms with Crippen LogP contribution in [0, 0.1) is 5.82 Å². The van der Waals surface area contributed by atoms with E-state index in [4.69, 9.17) is 9.88 Å². The van der Waals surface area contributed by atoms with Crippen LogP contribution in [0.4, 0.5) is 4.39 Å². The number of halogens is 2. The molecule has 0 radical (unpaired) electrons. The van der Waals surface area contributed by atoms with Crippen LogP contribution in [0.5, 0.6) is 5.75 Å². The van der Waals surface area contributed by atoms with Gasteiger partial charge in [0.1, 0.15) is 11.6 Å². The number of methoxy groups -OCH3 is 1. The number of nitrogens with one attached hydrogen (secondary N) is 1. The molecule has 9 heteroatoms. The molecule has 0 spiro atoms. The molecule has 1 atom stereocenters. The third-order valence-corrected chi connectivity index (χ3v) is 6.04. The summed E-state index contributed by atoms with van der Waals surface area (Å²) in [5.41, 5.74) is 1.48. The number of ether oxygens (including phenoxy) is 1. The second-order valence-corrected chi connectivity index (χ2v) is 8.83. The van der Waals surface area contributed by atoms with Crippen molar-refractivity contribution in [1.82, 2.24) is 5.32 Å². The number of amides is 1. The molecule has 0 aliphatic rings. The van der Waals surface area contributed by atoms with E-state index in [1.807, 2.05) is 0 Å². The van der Waals surface area contributed by atoms with E-state index in [1.54, 1.807) is 43.5 Å². The van der Waals surface area contributed by atoms with Gasteiger partial charge in [-0.3, -0.25) is 4.79 Å². The van der Waals surface area contributed by atoms with Gasteiger partial charge in [0, 0.05) is 4.47 Å². The molecule has 0 aliphatic heterocycles. The maximum Gasteiger partial charge on any atom is 0.253 e. The molecular formula is C21H18BrFN2O4S. The molecule has 1 amide bonds. The number of hydrogen-bond donors (Lipinski definition) is 2. The molecule has 3 aromatic carbocycles. The molecule has 3 N–H and O–H groups in total. The molecule has 156 valence electrons.